The number of carboxylic acids is 2. The van der Waals surface area contributed by atoms with E-state index in [2.05, 4.69) is 30.3 Å². The number of unbranched alkanes of at least 4 members (excludes halogenated alkanes) is 5. The molecule has 3 aromatic rings. The Morgan fingerprint density at radius 3 is 1.91 bits per heavy atom. The summed E-state index contributed by atoms with van der Waals surface area (Å²) in [7, 11) is 0. The third-order valence-electron chi connectivity index (χ3n) is 6.22. The van der Waals surface area contributed by atoms with Crippen molar-refractivity contribution in [1.82, 2.24) is 0 Å². The van der Waals surface area contributed by atoms with Crippen LogP contribution in [-0.2, 0) is 23.4 Å². The van der Waals surface area contributed by atoms with Gasteiger partial charge in [-0.1, -0.05) is 98.5 Å². The van der Waals surface area contributed by atoms with Gasteiger partial charge in [0.05, 0.1) is 5.56 Å². The van der Waals surface area contributed by atoms with Gasteiger partial charge in [0, 0.05) is 5.75 Å². The molecule has 3 aromatic carbocycles. The molecule has 1 atom stereocenters. The molecule has 0 aromatic heterocycles. The molecule has 0 fully saturated rings. The van der Waals surface area contributed by atoms with Crippen molar-refractivity contribution in [1.29, 1.82) is 0 Å². The third-order valence-corrected chi connectivity index (χ3v) is 7.49. The number of hydrogen-bond acceptors (Lipinski definition) is 3. The molecule has 0 amide bonds. The molecule has 2 N–H and O–H groups in total. The van der Waals surface area contributed by atoms with Gasteiger partial charge < -0.3 is 10.2 Å². The number of carboxylic acid groups (broad SMARTS) is 2. The van der Waals surface area contributed by atoms with Gasteiger partial charge in [-0.2, -0.15) is 0 Å². The monoisotopic (exact) mass is 490 g/mol. The first-order valence-corrected chi connectivity index (χ1v) is 13.4. The normalized spacial score (nSPS) is 11.8. The van der Waals surface area contributed by atoms with Crippen LogP contribution < -0.4 is 0 Å². The van der Waals surface area contributed by atoms with Gasteiger partial charge in [-0.05, 0) is 54.0 Å². The van der Waals surface area contributed by atoms with Gasteiger partial charge in [-0.3, -0.25) is 4.79 Å². The zero-order valence-corrected chi connectivity index (χ0v) is 20.9. The van der Waals surface area contributed by atoms with Gasteiger partial charge in [0.1, 0.15) is 5.25 Å². The summed E-state index contributed by atoms with van der Waals surface area (Å²) in [5, 5.41) is 18.6. The smallest absolute Gasteiger partial charge is 0.335 e. The van der Waals surface area contributed by atoms with Crippen molar-refractivity contribution in [3.63, 3.8) is 0 Å². The fourth-order valence-corrected chi connectivity index (χ4v) is 5.49. The van der Waals surface area contributed by atoms with E-state index in [1.807, 2.05) is 24.3 Å². The summed E-state index contributed by atoms with van der Waals surface area (Å²) in [4.78, 5) is 23.6. The van der Waals surface area contributed by atoms with Crippen LogP contribution in [0.15, 0.2) is 78.9 Å². The molecule has 3 rings (SSSR count). The minimum absolute atomic E-state index is 0.223. The van der Waals surface area contributed by atoms with Crippen molar-refractivity contribution in [2.24, 2.45) is 0 Å². The molecule has 5 heteroatoms. The van der Waals surface area contributed by atoms with Crippen LogP contribution in [0.25, 0.3) is 0 Å². The highest BCUT2D eigenvalue weighted by molar-refractivity contribution is 7.99. The third kappa shape index (κ3) is 8.59. The van der Waals surface area contributed by atoms with Crippen LogP contribution >= 0.6 is 11.8 Å². The Bertz CT molecular complexity index is 1080. The first kappa shape index (κ1) is 26.6. The maximum absolute atomic E-state index is 12.1. The zero-order valence-electron chi connectivity index (χ0n) is 20.1. The van der Waals surface area contributed by atoms with E-state index in [1.54, 1.807) is 24.3 Å². The highest BCUT2D eigenvalue weighted by atomic mass is 32.2. The van der Waals surface area contributed by atoms with Crippen LogP contribution in [0.5, 0.6) is 0 Å². The molecule has 4 nitrogen and oxygen atoms in total. The summed E-state index contributed by atoms with van der Waals surface area (Å²) in [6.45, 7) is 0. The van der Waals surface area contributed by atoms with E-state index < -0.39 is 17.2 Å². The van der Waals surface area contributed by atoms with Crippen LogP contribution in [0.4, 0.5) is 0 Å². The highest BCUT2D eigenvalue weighted by Crippen LogP contribution is 2.35. The topological polar surface area (TPSA) is 74.6 Å². The maximum Gasteiger partial charge on any atom is 0.335 e. The standard InChI is InChI=1S/C30H34O4S/c31-29(32)27-21-13-11-19-25(27)22-35-28(30(33)34)26-20-12-10-18-24(26)17-9-4-2-1-3-6-14-23-15-7-5-8-16-23/h5,7-8,10-13,15-16,18-21,28H,1-4,6,9,14,17,22H2,(H,31,32)(H,33,34). The van der Waals surface area contributed by atoms with Crippen molar-refractivity contribution in [2.75, 3.05) is 0 Å². The zero-order chi connectivity index (χ0) is 24.9. The van der Waals surface area contributed by atoms with Gasteiger partial charge in [-0.25, -0.2) is 4.79 Å². The number of hydrogen-bond donors (Lipinski definition) is 2. The second-order valence-corrected chi connectivity index (χ2v) is 9.89. The molecule has 0 saturated carbocycles. The number of aliphatic carboxylic acids is 1. The van der Waals surface area contributed by atoms with Gasteiger partial charge >= 0.3 is 11.9 Å². The molecule has 0 radical (unpaired) electrons. The van der Waals surface area contributed by atoms with Crippen molar-refractivity contribution >= 4 is 23.7 Å². The minimum atomic E-state index is -0.992. The van der Waals surface area contributed by atoms with Crippen molar-refractivity contribution < 1.29 is 19.8 Å². The Kier molecular flexibility index (Phi) is 10.9. The summed E-state index contributed by atoms with van der Waals surface area (Å²) >= 11 is 1.27. The molecule has 1 unspecified atom stereocenters. The lowest BCUT2D eigenvalue weighted by atomic mass is 9.98. The van der Waals surface area contributed by atoms with E-state index in [0.29, 0.717) is 11.3 Å². The number of benzene rings is 3. The van der Waals surface area contributed by atoms with Crippen molar-refractivity contribution in [2.45, 2.75) is 62.4 Å². The van der Waals surface area contributed by atoms with Crippen LogP contribution in [0.3, 0.4) is 0 Å². The Labute approximate surface area is 212 Å². The Hall–Kier alpha value is -3.05. The van der Waals surface area contributed by atoms with E-state index in [1.165, 1.54) is 43.0 Å². The number of aromatic carboxylic acids is 1. The Balaban J connectivity index is 1.48. The molecule has 0 heterocycles. The van der Waals surface area contributed by atoms with Gasteiger partial charge in [0.25, 0.3) is 0 Å². The number of rotatable bonds is 15. The maximum atomic E-state index is 12.1. The van der Waals surface area contributed by atoms with E-state index in [-0.39, 0.29) is 5.56 Å². The summed E-state index contributed by atoms with van der Waals surface area (Å²) in [6.07, 6.45) is 9.04. The number of carbonyl (C=O) groups is 2. The van der Waals surface area contributed by atoms with E-state index >= 15 is 0 Å². The average Bonchev–Trinajstić information content (AvgIpc) is 2.87. The molecule has 0 aliphatic carbocycles. The summed E-state index contributed by atoms with van der Waals surface area (Å²) in [6, 6.07) is 25.2. The number of thioether (sulfide) groups is 1. The van der Waals surface area contributed by atoms with Crippen LogP contribution in [0.2, 0.25) is 0 Å². The van der Waals surface area contributed by atoms with E-state index in [0.717, 1.165) is 36.8 Å². The lowest BCUT2D eigenvalue weighted by molar-refractivity contribution is -0.136. The largest absolute Gasteiger partial charge is 0.480 e. The lowest BCUT2D eigenvalue weighted by Gasteiger charge is -2.17. The SMILES string of the molecule is O=C(O)c1ccccc1CSC(C(=O)O)c1ccccc1CCCCCCCCc1ccccc1. The van der Waals surface area contributed by atoms with E-state index in [4.69, 9.17) is 0 Å². The Morgan fingerprint density at radius 2 is 1.23 bits per heavy atom. The Morgan fingerprint density at radius 1 is 0.657 bits per heavy atom. The van der Waals surface area contributed by atoms with Crippen molar-refractivity contribution in [3.8, 4) is 0 Å². The summed E-state index contributed by atoms with van der Waals surface area (Å²) in [5.74, 6) is -1.56. The molecule has 0 spiro atoms. The fraction of sp³-hybridized carbons (Fsp3) is 0.333. The molecule has 0 aliphatic heterocycles. The van der Waals surface area contributed by atoms with Gasteiger partial charge in [0.15, 0.2) is 0 Å². The predicted molar refractivity (Wildman–Crippen MR) is 143 cm³/mol. The van der Waals surface area contributed by atoms with Gasteiger partial charge in [0.2, 0.25) is 0 Å². The molecule has 0 bridgehead atoms. The summed E-state index contributed by atoms with van der Waals surface area (Å²) < 4.78 is 0. The molecular formula is C30H34O4S. The van der Waals surface area contributed by atoms with Gasteiger partial charge in [-0.15, -0.1) is 11.8 Å². The quantitative estimate of drug-likeness (QED) is 0.215. The predicted octanol–water partition coefficient (Wildman–Crippen LogP) is 7.57. The molecule has 0 saturated heterocycles. The highest BCUT2D eigenvalue weighted by Gasteiger charge is 2.23. The first-order valence-electron chi connectivity index (χ1n) is 12.3. The van der Waals surface area contributed by atoms with Crippen LogP contribution in [0, 0.1) is 0 Å². The average molecular weight is 491 g/mol. The molecule has 35 heavy (non-hydrogen) atoms. The first-order chi connectivity index (χ1) is 17.1. The molecule has 184 valence electrons. The fourth-order valence-electron chi connectivity index (χ4n) is 4.34. The second kappa shape index (κ2) is 14.4. The van der Waals surface area contributed by atoms with Crippen LogP contribution in [-0.4, -0.2) is 22.2 Å². The second-order valence-electron chi connectivity index (χ2n) is 8.80. The lowest BCUT2D eigenvalue weighted by Crippen LogP contribution is -2.11. The minimum Gasteiger partial charge on any atom is -0.480 e. The molecule has 0 aliphatic rings. The van der Waals surface area contributed by atoms with Crippen molar-refractivity contribution in [3.05, 3.63) is 107 Å². The number of aryl methyl sites for hydroxylation is 2. The summed E-state index contributed by atoms with van der Waals surface area (Å²) in [5.41, 5.74) is 4.16. The van der Waals surface area contributed by atoms with E-state index in [9.17, 15) is 19.8 Å². The molecular weight excluding hydrogens is 456 g/mol. The van der Waals surface area contributed by atoms with Crippen LogP contribution in [0.1, 0.15) is 76.4 Å².